The van der Waals surface area contributed by atoms with E-state index < -0.39 is 0 Å². The van der Waals surface area contributed by atoms with E-state index in [1.54, 1.807) is 6.07 Å². The van der Waals surface area contributed by atoms with Crippen LogP contribution in [0.3, 0.4) is 0 Å². The Morgan fingerprint density at radius 1 is 1.47 bits per heavy atom. The monoisotopic (exact) mass is 291 g/mol. The van der Waals surface area contributed by atoms with Crippen molar-refractivity contribution in [3.63, 3.8) is 0 Å². The molecule has 0 aromatic heterocycles. The van der Waals surface area contributed by atoms with Gasteiger partial charge in [0.2, 0.25) is 0 Å². The highest BCUT2D eigenvalue weighted by molar-refractivity contribution is 9.10. The molecule has 0 atom stereocenters. The van der Waals surface area contributed by atoms with Gasteiger partial charge in [-0.2, -0.15) is 11.8 Å². The summed E-state index contributed by atoms with van der Waals surface area (Å²) >= 11 is 5.23. The Morgan fingerprint density at radius 3 is 2.93 bits per heavy atom. The Kier molecular flexibility index (Phi) is 6.10. The molecule has 0 aliphatic carbocycles. The Hall–Kier alpha value is -0.220. The summed E-state index contributed by atoms with van der Waals surface area (Å²) in [5.41, 5.74) is 0.569. The topological polar surface area (TPSA) is 12.0 Å². The third-order valence-corrected chi connectivity index (χ3v) is 3.58. The summed E-state index contributed by atoms with van der Waals surface area (Å²) in [5.74, 6) is 2.06. The van der Waals surface area contributed by atoms with Gasteiger partial charge in [0, 0.05) is 11.0 Å². The maximum absolute atomic E-state index is 13.3. The zero-order chi connectivity index (χ0) is 11.1. The first-order chi connectivity index (χ1) is 7.25. The summed E-state index contributed by atoms with van der Waals surface area (Å²) in [6.07, 6.45) is 1.05. The zero-order valence-corrected chi connectivity index (χ0v) is 11.1. The fourth-order valence-corrected chi connectivity index (χ4v) is 2.32. The average molecular weight is 292 g/mol. The van der Waals surface area contributed by atoms with Crippen LogP contribution in [0.2, 0.25) is 0 Å². The van der Waals surface area contributed by atoms with E-state index >= 15 is 0 Å². The van der Waals surface area contributed by atoms with E-state index in [-0.39, 0.29) is 5.82 Å². The summed E-state index contributed by atoms with van der Waals surface area (Å²) in [7, 11) is 0. The minimum absolute atomic E-state index is 0.201. The van der Waals surface area contributed by atoms with Crippen molar-refractivity contribution in [2.75, 3.05) is 23.4 Å². The first-order valence-electron chi connectivity index (χ1n) is 5.01. The van der Waals surface area contributed by atoms with Gasteiger partial charge in [0.1, 0.15) is 5.82 Å². The Balaban J connectivity index is 2.37. The molecular formula is C11H15BrFNS. The molecule has 0 bridgehead atoms. The van der Waals surface area contributed by atoms with E-state index in [9.17, 15) is 4.39 Å². The van der Waals surface area contributed by atoms with Crippen molar-refractivity contribution in [3.05, 3.63) is 28.5 Å². The van der Waals surface area contributed by atoms with E-state index in [2.05, 4.69) is 28.2 Å². The molecule has 1 aromatic rings. The maximum Gasteiger partial charge on any atom is 0.147 e. The lowest BCUT2D eigenvalue weighted by Crippen LogP contribution is -2.05. The Labute approximate surface area is 103 Å². The lowest BCUT2D eigenvalue weighted by molar-refractivity contribution is 0.629. The highest BCUT2D eigenvalue weighted by atomic mass is 79.9. The fraction of sp³-hybridized carbons (Fsp3) is 0.455. The molecule has 0 heterocycles. The molecule has 1 rings (SSSR count). The van der Waals surface area contributed by atoms with Crippen molar-refractivity contribution < 1.29 is 4.39 Å². The lowest BCUT2D eigenvalue weighted by Gasteiger charge is -2.08. The van der Waals surface area contributed by atoms with Gasteiger partial charge in [0.25, 0.3) is 0 Å². The van der Waals surface area contributed by atoms with Crippen molar-refractivity contribution in [1.82, 2.24) is 0 Å². The zero-order valence-electron chi connectivity index (χ0n) is 8.72. The second-order valence-electron chi connectivity index (χ2n) is 3.07. The molecule has 1 nitrogen and oxygen atoms in total. The van der Waals surface area contributed by atoms with Gasteiger partial charge >= 0.3 is 0 Å². The van der Waals surface area contributed by atoms with E-state index in [4.69, 9.17) is 0 Å². The van der Waals surface area contributed by atoms with Crippen LogP contribution in [0.4, 0.5) is 10.1 Å². The van der Waals surface area contributed by atoms with Crippen molar-refractivity contribution in [2.45, 2.75) is 13.3 Å². The van der Waals surface area contributed by atoms with E-state index in [1.807, 2.05) is 17.8 Å². The highest BCUT2D eigenvalue weighted by Crippen LogP contribution is 2.24. The molecule has 0 radical (unpaired) electrons. The SMILES string of the molecule is CCSCCCNc1c(F)cccc1Br. The second-order valence-corrected chi connectivity index (χ2v) is 5.32. The first-order valence-corrected chi connectivity index (χ1v) is 6.96. The highest BCUT2D eigenvalue weighted by Gasteiger charge is 2.04. The molecule has 0 aliphatic rings. The molecule has 0 aliphatic heterocycles. The number of anilines is 1. The molecule has 0 unspecified atom stereocenters. The third kappa shape index (κ3) is 4.43. The van der Waals surface area contributed by atoms with E-state index in [0.717, 1.165) is 28.9 Å². The minimum Gasteiger partial charge on any atom is -0.382 e. The standard InChI is InChI=1S/C11H15BrFNS/c1-2-15-8-4-7-14-11-9(12)5-3-6-10(11)13/h3,5-6,14H,2,4,7-8H2,1H3. The van der Waals surface area contributed by atoms with Gasteiger partial charge in [-0.25, -0.2) is 4.39 Å². The van der Waals surface area contributed by atoms with Crippen LogP contribution in [0.5, 0.6) is 0 Å². The van der Waals surface area contributed by atoms with Crippen molar-refractivity contribution in [2.24, 2.45) is 0 Å². The molecule has 0 saturated carbocycles. The van der Waals surface area contributed by atoms with Gasteiger partial charge in [-0.05, 0) is 46.0 Å². The van der Waals surface area contributed by atoms with Gasteiger partial charge in [-0.15, -0.1) is 0 Å². The molecule has 84 valence electrons. The molecule has 1 aromatic carbocycles. The molecule has 4 heteroatoms. The summed E-state index contributed by atoms with van der Waals surface area (Å²) in [6, 6.07) is 5.00. The summed E-state index contributed by atoms with van der Waals surface area (Å²) in [4.78, 5) is 0. The predicted octanol–water partition coefficient (Wildman–Crippen LogP) is 4.14. The van der Waals surface area contributed by atoms with Crippen LogP contribution in [-0.2, 0) is 0 Å². The van der Waals surface area contributed by atoms with Gasteiger partial charge in [-0.3, -0.25) is 0 Å². The van der Waals surface area contributed by atoms with Crippen LogP contribution in [0.15, 0.2) is 22.7 Å². The fourth-order valence-electron chi connectivity index (χ4n) is 1.20. The number of hydrogen-bond acceptors (Lipinski definition) is 2. The molecule has 1 N–H and O–H groups in total. The number of nitrogens with one attached hydrogen (secondary N) is 1. The van der Waals surface area contributed by atoms with Crippen molar-refractivity contribution >= 4 is 33.4 Å². The normalized spacial score (nSPS) is 10.3. The number of benzene rings is 1. The molecule has 15 heavy (non-hydrogen) atoms. The van der Waals surface area contributed by atoms with Crippen molar-refractivity contribution in [1.29, 1.82) is 0 Å². The number of hydrogen-bond donors (Lipinski definition) is 1. The summed E-state index contributed by atoms with van der Waals surface area (Å²) in [5, 5.41) is 3.10. The first kappa shape index (κ1) is 12.8. The molecule has 0 amide bonds. The molecular weight excluding hydrogens is 277 g/mol. The van der Waals surface area contributed by atoms with Crippen LogP contribution < -0.4 is 5.32 Å². The minimum atomic E-state index is -0.201. The predicted molar refractivity (Wildman–Crippen MR) is 70.2 cm³/mol. The Morgan fingerprint density at radius 2 is 2.27 bits per heavy atom. The van der Waals surface area contributed by atoms with Gasteiger partial charge in [0.05, 0.1) is 5.69 Å². The number of rotatable bonds is 6. The molecule has 0 fully saturated rings. The van der Waals surface area contributed by atoms with E-state index in [0.29, 0.717) is 5.69 Å². The smallest absolute Gasteiger partial charge is 0.147 e. The van der Waals surface area contributed by atoms with Crippen LogP contribution in [0, 0.1) is 5.82 Å². The lowest BCUT2D eigenvalue weighted by atomic mass is 10.3. The summed E-state index contributed by atoms with van der Waals surface area (Å²) in [6.45, 7) is 2.96. The Bertz CT molecular complexity index is 286. The van der Waals surface area contributed by atoms with E-state index in [1.165, 1.54) is 6.07 Å². The quantitative estimate of drug-likeness (QED) is 0.791. The third-order valence-electron chi connectivity index (χ3n) is 1.93. The second kappa shape index (κ2) is 7.12. The van der Waals surface area contributed by atoms with Crippen LogP contribution in [0.1, 0.15) is 13.3 Å². The maximum atomic E-state index is 13.3. The number of halogens is 2. The largest absolute Gasteiger partial charge is 0.382 e. The van der Waals surface area contributed by atoms with Crippen LogP contribution in [0.25, 0.3) is 0 Å². The van der Waals surface area contributed by atoms with Crippen molar-refractivity contribution in [3.8, 4) is 0 Å². The van der Waals surface area contributed by atoms with Gasteiger partial charge in [-0.1, -0.05) is 13.0 Å². The van der Waals surface area contributed by atoms with Gasteiger partial charge < -0.3 is 5.32 Å². The molecule has 0 saturated heterocycles. The molecule has 0 spiro atoms. The summed E-state index contributed by atoms with van der Waals surface area (Å²) < 4.78 is 14.1. The number of thioether (sulfide) groups is 1. The van der Waals surface area contributed by atoms with Crippen LogP contribution >= 0.6 is 27.7 Å². The average Bonchev–Trinajstić information content (AvgIpc) is 2.21. The van der Waals surface area contributed by atoms with Crippen LogP contribution in [-0.4, -0.2) is 18.1 Å². The number of para-hydroxylation sites is 1. The van der Waals surface area contributed by atoms with Gasteiger partial charge in [0.15, 0.2) is 0 Å².